The number of rotatable bonds is 6. The maximum absolute atomic E-state index is 12.8. The summed E-state index contributed by atoms with van der Waals surface area (Å²) in [4.78, 5) is 23.2. The van der Waals surface area contributed by atoms with Crippen molar-refractivity contribution >= 4 is 45.6 Å². The Kier molecular flexibility index (Phi) is 6.82. The minimum absolute atomic E-state index is 0.0207. The van der Waals surface area contributed by atoms with Gasteiger partial charge in [0.2, 0.25) is 5.69 Å². The van der Waals surface area contributed by atoms with Gasteiger partial charge in [-0.25, -0.2) is 14.6 Å². The first-order valence-corrected chi connectivity index (χ1v) is 12.1. The monoisotopic (exact) mass is 497 g/mol. The van der Waals surface area contributed by atoms with Crippen LogP contribution in [0.3, 0.4) is 0 Å². The Balaban J connectivity index is 1.70. The summed E-state index contributed by atoms with van der Waals surface area (Å²) in [5.41, 5.74) is 7.84. The fourth-order valence-corrected chi connectivity index (χ4v) is 4.86. The van der Waals surface area contributed by atoms with E-state index in [9.17, 15) is 9.90 Å². The fraction of sp³-hybridized carbons (Fsp3) is 0.480. The van der Waals surface area contributed by atoms with E-state index in [-0.39, 0.29) is 11.7 Å². The molecule has 4 rings (SSSR count). The maximum atomic E-state index is 12.8. The van der Waals surface area contributed by atoms with Crippen LogP contribution in [0.4, 0.5) is 23.0 Å². The number of anilines is 3. The van der Waals surface area contributed by atoms with E-state index in [4.69, 9.17) is 28.9 Å². The number of halogens is 1. The first-order chi connectivity index (χ1) is 16.5. The number of hydrogen-bond acceptors (Lipinski definition) is 6. The molecule has 2 aromatic heterocycles. The van der Waals surface area contributed by atoms with Gasteiger partial charge in [-0.1, -0.05) is 18.5 Å². The van der Waals surface area contributed by atoms with Gasteiger partial charge in [0.05, 0.1) is 28.2 Å². The van der Waals surface area contributed by atoms with Crippen LogP contribution in [-0.4, -0.2) is 44.0 Å². The molecule has 10 heteroatoms. The van der Waals surface area contributed by atoms with Crippen molar-refractivity contribution in [3.05, 3.63) is 51.2 Å². The highest BCUT2D eigenvalue weighted by Gasteiger charge is 2.26. The lowest BCUT2D eigenvalue weighted by Gasteiger charge is -2.36. The molecule has 1 saturated heterocycles. The van der Waals surface area contributed by atoms with Crippen LogP contribution in [0.1, 0.15) is 33.6 Å². The summed E-state index contributed by atoms with van der Waals surface area (Å²) < 4.78 is 3.26. The van der Waals surface area contributed by atoms with Crippen LogP contribution in [0, 0.1) is 12.5 Å². The lowest BCUT2D eigenvalue weighted by molar-refractivity contribution is 0.0662. The van der Waals surface area contributed by atoms with Gasteiger partial charge in [0.1, 0.15) is 11.6 Å². The number of piperidine rings is 1. The van der Waals surface area contributed by atoms with Gasteiger partial charge in [0.15, 0.2) is 0 Å². The summed E-state index contributed by atoms with van der Waals surface area (Å²) in [5.74, 6) is 1.39. The molecule has 1 aliphatic heterocycles. The number of aliphatic hydroxyl groups is 1. The van der Waals surface area contributed by atoms with E-state index < -0.39 is 5.60 Å². The summed E-state index contributed by atoms with van der Waals surface area (Å²) in [6.45, 7) is 15.0. The smallest absolute Gasteiger partial charge is 0.328 e. The Bertz CT molecular complexity index is 1340. The number of nitrogens with zero attached hydrogens (tertiary/aromatic N) is 5. The van der Waals surface area contributed by atoms with Crippen molar-refractivity contribution < 1.29 is 5.11 Å². The third kappa shape index (κ3) is 5.30. The number of fused-ring (bicyclic) bond motifs is 1. The van der Waals surface area contributed by atoms with Crippen molar-refractivity contribution in [3.8, 4) is 0 Å². The molecule has 0 aliphatic carbocycles. The third-order valence-electron chi connectivity index (χ3n) is 6.40. The fourth-order valence-electron chi connectivity index (χ4n) is 4.67. The number of nitrogens with two attached hydrogens (primary N) is 1. The van der Waals surface area contributed by atoms with E-state index in [0.717, 1.165) is 24.0 Å². The van der Waals surface area contributed by atoms with E-state index in [1.54, 1.807) is 36.1 Å². The molecule has 2 atom stereocenters. The number of hydrogen-bond donors (Lipinski definition) is 3. The van der Waals surface area contributed by atoms with Gasteiger partial charge >= 0.3 is 5.69 Å². The van der Waals surface area contributed by atoms with Crippen LogP contribution in [0.15, 0.2) is 29.1 Å². The number of benzene rings is 1. The van der Waals surface area contributed by atoms with Gasteiger partial charge < -0.3 is 21.1 Å². The standard InChI is InChI=1S/C25H32ClN7O2/c1-15-10-16(27)14-32(13-15)23-19(28-4)12-18(26)22(30-23)29-17-6-7-20-21(11-17)33(24(34)31(20)5)9-8-25(2,3)35/h6-7,11-12,15-16,35H,8-10,13-14,27H2,1-3,5H3,(H,29,30)/t15-,16+/m0/s1. The maximum Gasteiger partial charge on any atom is 0.328 e. The molecule has 0 saturated carbocycles. The predicted molar refractivity (Wildman–Crippen MR) is 141 cm³/mol. The lowest BCUT2D eigenvalue weighted by Crippen LogP contribution is -2.46. The van der Waals surface area contributed by atoms with Crippen molar-refractivity contribution in [1.82, 2.24) is 14.1 Å². The Morgan fingerprint density at radius 2 is 2.06 bits per heavy atom. The summed E-state index contributed by atoms with van der Waals surface area (Å²) in [7, 11) is 1.73. The number of pyridine rings is 1. The molecule has 0 amide bonds. The third-order valence-corrected chi connectivity index (χ3v) is 6.69. The van der Waals surface area contributed by atoms with Crippen molar-refractivity contribution in [2.24, 2.45) is 18.7 Å². The molecule has 1 fully saturated rings. The molecule has 186 valence electrons. The molecule has 0 bridgehead atoms. The average Bonchev–Trinajstić information content (AvgIpc) is 3.01. The van der Waals surface area contributed by atoms with Gasteiger partial charge in [0, 0.05) is 38.4 Å². The normalized spacial score (nSPS) is 18.6. The molecule has 1 aliphatic rings. The topological polar surface area (TPSA) is 106 Å². The van der Waals surface area contributed by atoms with Crippen LogP contribution >= 0.6 is 11.6 Å². The van der Waals surface area contributed by atoms with Gasteiger partial charge in [-0.05, 0) is 56.9 Å². The van der Waals surface area contributed by atoms with E-state index in [2.05, 4.69) is 22.0 Å². The number of nitrogens with one attached hydrogen (secondary N) is 1. The quantitative estimate of drug-likeness (QED) is 0.444. The van der Waals surface area contributed by atoms with Crippen molar-refractivity contribution in [3.63, 3.8) is 0 Å². The zero-order chi connectivity index (χ0) is 25.5. The molecule has 1 aromatic carbocycles. The van der Waals surface area contributed by atoms with Crippen molar-refractivity contribution in [2.75, 3.05) is 23.3 Å². The second kappa shape index (κ2) is 9.53. The molecule has 0 unspecified atom stereocenters. The molecular weight excluding hydrogens is 466 g/mol. The molecule has 0 radical (unpaired) electrons. The second-order valence-corrected chi connectivity index (χ2v) is 10.6. The SMILES string of the molecule is [C-]#[N+]c1cc(Cl)c(Nc2ccc3c(c2)n(CCC(C)(C)O)c(=O)n3C)nc1N1C[C@@H](C)C[C@@H](N)C1. The van der Waals surface area contributed by atoms with Gasteiger partial charge in [-0.3, -0.25) is 9.13 Å². The zero-order valence-corrected chi connectivity index (χ0v) is 21.3. The van der Waals surface area contributed by atoms with Crippen molar-refractivity contribution in [2.45, 2.75) is 51.8 Å². The molecular formula is C25H32ClN7O2. The summed E-state index contributed by atoms with van der Waals surface area (Å²) >= 11 is 6.51. The Morgan fingerprint density at radius 3 is 2.71 bits per heavy atom. The number of aryl methyl sites for hydroxylation is 2. The predicted octanol–water partition coefficient (Wildman–Crippen LogP) is 4.02. The number of imidazole rings is 1. The summed E-state index contributed by atoms with van der Waals surface area (Å²) in [5, 5.41) is 13.8. The highest BCUT2D eigenvalue weighted by atomic mass is 35.5. The number of aromatic nitrogens is 3. The van der Waals surface area contributed by atoms with Crippen LogP contribution in [0.25, 0.3) is 15.9 Å². The highest BCUT2D eigenvalue weighted by Crippen LogP contribution is 2.37. The van der Waals surface area contributed by atoms with Crippen LogP contribution in [-0.2, 0) is 13.6 Å². The second-order valence-electron chi connectivity index (χ2n) is 10.2. The summed E-state index contributed by atoms with van der Waals surface area (Å²) in [6, 6.07) is 7.26. The minimum Gasteiger partial charge on any atom is -0.390 e. The summed E-state index contributed by atoms with van der Waals surface area (Å²) in [6.07, 6.45) is 1.38. The Hall–Kier alpha value is -3.06. The first kappa shape index (κ1) is 25.0. The van der Waals surface area contributed by atoms with Crippen LogP contribution < -0.4 is 21.6 Å². The Morgan fingerprint density at radius 1 is 1.31 bits per heavy atom. The molecule has 0 spiro atoms. The van der Waals surface area contributed by atoms with Crippen LogP contribution in [0.5, 0.6) is 0 Å². The average molecular weight is 498 g/mol. The molecule has 3 heterocycles. The Labute approximate surface area is 209 Å². The van der Waals surface area contributed by atoms with E-state index in [0.29, 0.717) is 53.5 Å². The molecule has 35 heavy (non-hydrogen) atoms. The van der Waals surface area contributed by atoms with Gasteiger partial charge in [0.25, 0.3) is 0 Å². The molecule has 4 N–H and O–H groups in total. The minimum atomic E-state index is -0.884. The molecule has 9 nitrogen and oxygen atoms in total. The molecule has 3 aromatic rings. The lowest BCUT2D eigenvalue weighted by atomic mass is 9.96. The van der Waals surface area contributed by atoms with E-state index in [1.807, 2.05) is 18.2 Å². The first-order valence-electron chi connectivity index (χ1n) is 11.7. The van der Waals surface area contributed by atoms with Gasteiger partial charge in [-0.2, -0.15) is 0 Å². The van der Waals surface area contributed by atoms with E-state index in [1.165, 1.54) is 0 Å². The zero-order valence-electron chi connectivity index (χ0n) is 20.5. The highest BCUT2D eigenvalue weighted by molar-refractivity contribution is 6.33. The van der Waals surface area contributed by atoms with Gasteiger partial charge in [-0.15, -0.1) is 0 Å². The largest absolute Gasteiger partial charge is 0.390 e. The van der Waals surface area contributed by atoms with Crippen molar-refractivity contribution in [1.29, 1.82) is 0 Å². The van der Waals surface area contributed by atoms with E-state index >= 15 is 0 Å². The van der Waals surface area contributed by atoms with Crippen LogP contribution in [0.2, 0.25) is 5.02 Å².